The molecule has 1 N–H and O–H groups in total. The van der Waals surface area contributed by atoms with Gasteiger partial charge in [-0.05, 0) is 25.8 Å². The number of nitrogens with one attached hydrogen (secondary N) is 1. The van der Waals surface area contributed by atoms with Gasteiger partial charge in [0.1, 0.15) is 16.4 Å². The first-order chi connectivity index (χ1) is 13.3. The highest BCUT2D eigenvalue weighted by Gasteiger charge is 2.31. The van der Waals surface area contributed by atoms with Gasteiger partial charge in [0.2, 0.25) is 0 Å². The van der Waals surface area contributed by atoms with Gasteiger partial charge < -0.3 is 14.8 Å². The Bertz CT molecular complexity index is 944. The van der Waals surface area contributed by atoms with Crippen molar-refractivity contribution in [3.05, 3.63) is 50.4 Å². The summed E-state index contributed by atoms with van der Waals surface area (Å²) in [5.41, 5.74) is -1.41. The summed E-state index contributed by atoms with van der Waals surface area (Å²) in [4.78, 5) is 25.5. The second-order valence-corrected chi connectivity index (χ2v) is 7.05. The number of thiophene rings is 1. The smallest absolute Gasteiger partial charge is 0.341 e. The Kier molecular flexibility index (Phi) is 5.71. The number of hydrogen-bond acceptors (Lipinski definition) is 5. The normalized spacial score (nSPS) is 13.2. The molecule has 1 aliphatic rings. The summed E-state index contributed by atoms with van der Waals surface area (Å²) in [6, 6.07) is 0. The molecule has 0 saturated heterocycles. The number of ether oxygens (including phenoxy) is 2. The Morgan fingerprint density at radius 3 is 2.50 bits per heavy atom. The van der Waals surface area contributed by atoms with Crippen LogP contribution in [0.4, 0.5) is 22.6 Å². The molecule has 0 spiro atoms. The molecule has 3 rings (SSSR count). The molecule has 150 valence electrons. The van der Waals surface area contributed by atoms with E-state index >= 15 is 0 Å². The SMILES string of the molecule is CCOC(=O)c1c(NC(=O)c2c(F)c(C)c(F)c(F)c2F)sc2c1CCOC2. The van der Waals surface area contributed by atoms with Crippen molar-refractivity contribution in [2.24, 2.45) is 0 Å². The van der Waals surface area contributed by atoms with E-state index in [1.807, 2.05) is 0 Å². The Hall–Kier alpha value is -2.46. The number of hydrogen-bond donors (Lipinski definition) is 1. The second-order valence-electron chi connectivity index (χ2n) is 5.94. The van der Waals surface area contributed by atoms with Gasteiger partial charge >= 0.3 is 5.97 Å². The van der Waals surface area contributed by atoms with E-state index in [4.69, 9.17) is 9.47 Å². The van der Waals surface area contributed by atoms with Gasteiger partial charge in [0, 0.05) is 10.4 Å². The van der Waals surface area contributed by atoms with Crippen molar-refractivity contribution in [1.82, 2.24) is 0 Å². The van der Waals surface area contributed by atoms with Gasteiger partial charge in [0.05, 0.1) is 25.4 Å². The average molecular weight is 417 g/mol. The number of carbonyl (C=O) groups is 2. The summed E-state index contributed by atoms with van der Waals surface area (Å²) in [6.45, 7) is 3.13. The molecule has 0 radical (unpaired) electrons. The fourth-order valence-corrected chi connectivity index (χ4v) is 4.02. The van der Waals surface area contributed by atoms with Gasteiger partial charge in [0.25, 0.3) is 5.91 Å². The van der Waals surface area contributed by atoms with Gasteiger partial charge in [0.15, 0.2) is 17.5 Å². The van der Waals surface area contributed by atoms with E-state index in [2.05, 4.69) is 5.32 Å². The maximum atomic E-state index is 14.2. The summed E-state index contributed by atoms with van der Waals surface area (Å²) >= 11 is 0.992. The molecular weight excluding hydrogens is 402 g/mol. The minimum Gasteiger partial charge on any atom is -0.462 e. The minimum atomic E-state index is -1.95. The fraction of sp³-hybridized carbons (Fsp3) is 0.333. The predicted octanol–water partition coefficient (Wildman–Crippen LogP) is 4.11. The van der Waals surface area contributed by atoms with Gasteiger partial charge in [-0.1, -0.05) is 0 Å². The van der Waals surface area contributed by atoms with Crippen LogP contribution >= 0.6 is 11.3 Å². The summed E-state index contributed by atoms with van der Waals surface area (Å²) in [7, 11) is 0. The molecule has 10 heteroatoms. The van der Waals surface area contributed by atoms with Crippen LogP contribution < -0.4 is 5.32 Å². The first kappa shape index (κ1) is 20.3. The van der Waals surface area contributed by atoms with Crippen molar-refractivity contribution in [1.29, 1.82) is 0 Å². The lowest BCUT2D eigenvalue weighted by atomic mass is 10.1. The van der Waals surface area contributed by atoms with Crippen molar-refractivity contribution in [3.8, 4) is 0 Å². The van der Waals surface area contributed by atoms with Crippen LogP contribution in [0.1, 0.15) is 43.6 Å². The fourth-order valence-electron chi connectivity index (χ4n) is 2.86. The number of esters is 1. The molecular formula is C18H15F4NO4S. The Balaban J connectivity index is 2.04. The van der Waals surface area contributed by atoms with Gasteiger partial charge in [-0.3, -0.25) is 4.79 Å². The molecule has 0 fully saturated rings. The van der Waals surface area contributed by atoms with E-state index in [0.29, 0.717) is 23.5 Å². The molecule has 1 amide bonds. The van der Waals surface area contributed by atoms with Crippen LogP contribution in [0, 0.1) is 30.2 Å². The zero-order valence-corrected chi connectivity index (χ0v) is 15.7. The number of fused-ring (bicyclic) bond motifs is 1. The zero-order valence-electron chi connectivity index (χ0n) is 14.9. The summed E-state index contributed by atoms with van der Waals surface area (Å²) in [5.74, 6) is -9.17. The maximum absolute atomic E-state index is 14.2. The van der Waals surface area contributed by atoms with E-state index in [1.54, 1.807) is 6.92 Å². The first-order valence-electron chi connectivity index (χ1n) is 8.31. The third kappa shape index (κ3) is 3.37. The molecule has 0 bridgehead atoms. The van der Waals surface area contributed by atoms with Crippen LogP contribution in [-0.4, -0.2) is 25.1 Å². The predicted molar refractivity (Wildman–Crippen MR) is 92.6 cm³/mol. The topological polar surface area (TPSA) is 64.6 Å². The molecule has 2 aromatic rings. The summed E-state index contributed by atoms with van der Waals surface area (Å²) in [6.07, 6.45) is 0.392. The second kappa shape index (κ2) is 7.88. The van der Waals surface area contributed by atoms with Gasteiger partial charge in [-0.15, -0.1) is 11.3 Å². The lowest BCUT2D eigenvalue weighted by molar-refractivity contribution is 0.0523. The molecule has 2 heterocycles. The lowest BCUT2D eigenvalue weighted by Gasteiger charge is -2.13. The van der Waals surface area contributed by atoms with Crippen molar-refractivity contribution in [2.75, 3.05) is 18.5 Å². The van der Waals surface area contributed by atoms with Crippen LogP contribution in [0.15, 0.2) is 0 Å². The molecule has 0 aliphatic carbocycles. The highest BCUT2D eigenvalue weighted by atomic mass is 32.1. The number of rotatable bonds is 4. The number of carbonyl (C=O) groups excluding carboxylic acids is 2. The minimum absolute atomic E-state index is 0.000126. The Morgan fingerprint density at radius 2 is 1.82 bits per heavy atom. The van der Waals surface area contributed by atoms with E-state index in [0.717, 1.165) is 18.3 Å². The maximum Gasteiger partial charge on any atom is 0.341 e. The van der Waals surface area contributed by atoms with Crippen molar-refractivity contribution in [3.63, 3.8) is 0 Å². The largest absolute Gasteiger partial charge is 0.462 e. The van der Waals surface area contributed by atoms with Crippen LogP contribution in [-0.2, 0) is 22.5 Å². The highest BCUT2D eigenvalue weighted by Crippen LogP contribution is 2.37. The van der Waals surface area contributed by atoms with Crippen LogP contribution in [0.5, 0.6) is 0 Å². The van der Waals surface area contributed by atoms with E-state index < -0.39 is 46.3 Å². The van der Waals surface area contributed by atoms with E-state index in [-0.39, 0.29) is 23.8 Å². The van der Waals surface area contributed by atoms with Crippen LogP contribution in [0.3, 0.4) is 0 Å². The standard InChI is InChI=1S/C18H15F4NO4S/c1-3-27-18(25)10-8-4-5-26-6-9(8)28-17(10)23-16(24)11-12(19)7(2)13(20)15(22)14(11)21/h3-6H2,1-2H3,(H,23,24). The van der Waals surface area contributed by atoms with Crippen LogP contribution in [0.2, 0.25) is 0 Å². The van der Waals surface area contributed by atoms with Crippen molar-refractivity contribution < 1.29 is 36.6 Å². The molecule has 0 atom stereocenters. The molecule has 1 aromatic heterocycles. The van der Waals surface area contributed by atoms with Crippen LogP contribution in [0.25, 0.3) is 0 Å². The number of benzene rings is 1. The molecule has 0 unspecified atom stereocenters. The number of amides is 1. The average Bonchev–Trinajstić information content (AvgIpc) is 3.03. The molecule has 0 saturated carbocycles. The summed E-state index contributed by atoms with van der Waals surface area (Å²) < 4.78 is 65.7. The molecule has 5 nitrogen and oxygen atoms in total. The first-order valence-corrected chi connectivity index (χ1v) is 9.12. The molecule has 1 aliphatic heterocycles. The van der Waals surface area contributed by atoms with Crippen molar-refractivity contribution in [2.45, 2.75) is 26.9 Å². The van der Waals surface area contributed by atoms with Crippen molar-refractivity contribution >= 4 is 28.2 Å². The van der Waals surface area contributed by atoms with Gasteiger partial charge in [-0.2, -0.15) is 0 Å². The molecule has 1 aromatic carbocycles. The number of halogens is 4. The zero-order chi connectivity index (χ0) is 20.6. The Labute approximate surface area is 161 Å². The highest BCUT2D eigenvalue weighted by molar-refractivity contribution is 7.17. The monoisotopic (exact) mass is 417 g/mol. The van der Waals surface area contributed by atoms with E-state index in [9.17, 15) is 27.2 Å². The Morgan fingerprint density at radius 1 is 1.11 bits per heavy atom. The summed E-state index contributed by atoms with van der Waals surface area (Å²) in [5, 5.41) is 2.23. The third-order valence-corrected chi connectivity index (χ3v) is 5.36. The van der Waals surface area contributed by atoms with E-state index in [1.165, 1.54) is 0 Å². The quantitative estimate of drug-likeness (QED) is 0.352. The lowest BCUT2D eigenvalue weighted by Crippen LogP contribution is -2.20. The number of anilines is 1. The third-order valence-electron chi connectivity index (χ3n) is 4.24. The van der Waals surface area contributed by atoms with Gasteiger partial charge in [-0.25, -0.2) is 22.4 Å². The molecule has 28 heavy (non-hydrogen) atoms.